The predicted octanol–water partition coefficient (Wildman–Crippen LogP) is 0.403. The summed E-state index contributed by atoms with van der Waals surface area (Å²) in [6.45, 7) is 6.09. The van der Waals surface area contributed by atoms with E-state index in [2.05, 4.69) is 46.5 Å². The standard InChI is InChI=1S/C14H17N3.ClH/c1-4-12-5-7-13(8-6-12)17-14-15-10(2)9-11(3)16-14;/h5-9H,4H2,1-3H3,(H,15,16,17);1H/p-1. The van der Waals surface area contributed by atoms with Crippen molar-refractivity contribution < 1.29 is 12.4 Å². The Bertz CT molecular complexity index is 489. The minimum atomic E-state index is 0. The van der Waals surface area contributed by atoms with Crippen molar-refractivity contribution in [3.63, 3.8) is 0 Å². The number of rotatable bonds is 3. The predicted molar refractivity (Wildman–Crippen MR) is 70.6 cm³/mol. The summed E-state index contributed by atoms with van der Waals surface area (Å²) in [5.41, 5.74) is 4.31. The van der Waals surface area contributed by atoms with E-state index in [1.54, 1.807) is 0 Å². The summed E-state index contributed by atoms with van der Waals surface area (Å²) in [6.07, 6.45) is 1.06. The average molecular weight is 263 g/mol. The lowest BCUT2D eigenvalue weighted by Crippen LogP contribution is -3.00. The van der Waals surface area contributed by atoms with Gasteiger partial charge in [0.1, 0.15) is 0 Å². The lowest BCUT2D eigenvalue weighted by molar-refractivity contribution is -0.00000393. The molecule has 4 heteroatoms. The number of hydrogen-bond donors (Lipinski definition) is 1. The normalized spacial score (nSPS) is 9.72. The maximum absolute atomic E-state index is 4.35. The molecule has 1 N–H and O–H groups in total. The molecule has 0 unspecified atom stereocenters. The number of halogens is 1. The third kappa shape index (κ3) is 3.70. The second kappa shape index (κ2) is 6.36. The lowest BCUT2D eigenvalue weighted by atomic mass is 10.1. The third-order valence-electron chi connectivity index (χ3n) is 2.60. The molecule has 0 amide bonds. The van der Waals surface area contributed by atoms with Crippen LogP contribution in [0.2, 0.25) is 0 Å². The van der Waals surface area contributed by atoms with Gasteiger partial charge in [-0.3, -0.25) is 0 Å². The molecule has 96 valence electrons. The van der Waals surface area contributed by atoms with Crippen LogP contribution in [0.4, 0.5) is 11.6 Å². The van der Waals surface area contributed by atoms with Crippen molar-refractivity contribution >= 4 is 11.6 Å². The number of nitrogens with zero attached hydrogens (tertiary/aromatic N) is 2. The number of benzene rings is 1. The molecular weight excluding hydrogens is 246 g/mol. The highest BCUT2D eigenvalue weighted by Gasteiger charge is 2.00. The van der Waals surface area contributed by atoms with E-state index in [-0.39, 0.29) is 12.4 Å². The smallest absolute Gasteiger partial charge is 0.227 e. The van der Waals surface area contributed by atoms with Gasteiger partial charge in [0.05, 0.1) is 0 Å². The molecule has 0 bridgehead atoms. The number of hydrogen-bond acceptors (Lipinski definition) is 3. The lowest BCUT2D eigenvalue weighted by Gasteiger charge is -2.07. The van der Waals surface area contributed by atoms with Gasteiger partial charge in [-0.2, -0.15) is 0 Å². The van der Waals surface area contributed by atoms with Crippen LogP contribution in [-0.4, -0.2) is 9.97 Å². The van der Waals surface area contributed by atoms with Crippen LogP contribution < -0.4 is 17.7 Å². The summed E-state index contributed by atoms with van der Waals surface area (Å²) in [5.74, 6) is 0.659. The van der Waals surface area contributed by atoms with Gasteiger partial charge in [0.15, 0.2) is 0 Å². The van der Waals surface area contributed by atoms with Crippen molar-refractivity contribution in [2.45, 2.75) is 27.2 Å². The highest BCUT2D eigenvalue weighted by molar-refractivity contribution is 5.53. The van der Waals surface area contributed by atoms with Crippen LogP contribution >= 0.6 is 0 Å². The zero-order valence-corrected chi connectivity index (χ0v) is 11.6. The molecule has 1 aromatic heterocycles. The monoisotopic (exact) mass is 262 g/mol. The van der Waals surface area contributed by atoms with Gasteiger partial charge in [-0.1, -0.05) is 19.1 Å². The van der Waals surface area contributed by atoms with Crippen LogP contribution in [0.15, 0.2) is 30.3 Å². The highest BCUT2D eigenvalue weighted by atomic mass is 35.5. The van der Waals surface area contributed by atoms with Crippen LogP contribution in [0.5, 0.6) is 0 Å². The first-order valence-corrected chi connectivity index (χ1v) is 5.85. The molecule has 0 spiro atoms. The minimum absolute atomic E-state index is 0. The van der Waals surface area contributed by atoms with Crippen LogP contribution in [0.3, 0.4) is 0 Å². The summed E-state index contributed by atoms with van der Waals surface area (Å²) < 4.78 is 0. The van der Waals surface area contributed by atoms with Crippen molar-refractivity contribution in [1.29, 1.82) is 0 Å². The summed E-state index contributed by atoms with van der Waals surface area (Å²) in [6, 6.07) is 10.3. The maximum atomic E-state index is 4.35. The Morgan fingerprint density at radius 1 is 1.00 bits per heavy atom. The molecule has 0 aliphatic carbocycles. The van der Waals surface area contributed by atoms with E-state index in [0.29, 0.717) is 5.95 Å². The van der Waals surface area contributed by atoms with Crippen molar-refractivity contribution in [2.75, 3.05) is 5.32 Å². The average Bonchev–Trinajstić information content (AvgIpc) is 2.28. The van der Waals surface area contributed by atoms with Crippen molar-refractivity contribution in [3.8, 4) is 0 Å². The molecule has 18 heavy (non-hydrogen) atoms. The van der Waals surface area contributed by atoms with Gasteiger partial charge in [-0.05, 0) is 44.0 Å². The Morgan fingerprint density at radius 2 is 1.56 bits per heavy atom. The second-order valence-corrected chi connectivity index (χ2v) is 4.15. The Morgan fingerprint density at radius 3 is 2.06 bits per heavy atom. The molecule has 2 rings (SSSR count). The van der Waals surface area contributed by atoms with Gasteiger partial charge in [0.2, 0.25) is 5.95 Å². The molecule has 0 saturated carbocycles. The summed E-state index contributed by atoms with van der Waals surface area (Å²) in [5, 5.41) is 3.21. The molecule has 0 radical (unpaired) electrons. The number of aryl methyl sites for hydroxylation is 3. The molecule has 0 saturated heterocycles. The summed E-state index contributed by atoms with van der Waals surface area (Å²) in [4.78, 5) is 8.70. The Balaban J connectivity index is 0.00000162. The largest absolute Gasteiger partial charge is 1.00 e. The molecule has 2 aromatic rings. The summed E-state index contributed by atoms with van der Waals surface area (Å²) in [7, 11) is 0. The van der Waals surface area contributed by atoms with E-state index in [1.807, 2.05) is 19.9 Å². The molecule has 1 heterocycles. The number of nitrogens with one attached hydrogen (secondary N) is 1. The molecule has 0 aliphatic rings. The number of anilines is 2. The first-order chi connectivity index (χ1) is 8.17. The van der Waals surface area contributed by atoms with E-state index < -0.39 is 0 Å². The molecule has 3 nitrogen and oxygen atoms in total. The minimum Gasteiger partial charge on any atom is -1.00 e. The van der Waals surface area contributed by atoms with Crippen molar-refractivity contribution in [2.24, 2.45) is 0 Å². The van der Waals surface area contributed by atoms with Gasteiger partial charge < -0.3 is 17.7 Å². The highest BCUT2D eigenvalue weighted by Crippen LogP contribution is 2.14. The van der Waals surface area contributed by atoms with Crippen LogP contribution in [-0.2, 0) is 6.42 Å². The van der Waals surface area contributed by atoms with Crippen LogP contribution in [0.25, 0.3) is 0 Å². The Hall–Kier alpha value is -1.61. The zero-order valence-electron chi connectivity index (χ0n) is 10.9. The summed E-state index contributed by atoms with van der Waals surface area (Å²) >= 11 is 0. The van der Waals surface area contributed by atoms with Crippen molar-refractivity contribution in [1.82, 2.24) is 9.97 Å². The second-order valence-electron chi connectivity index (χ2n) is 4.15. The molecule has 1 aromatic carbocycles. The topological polar surface area (TPSA) is 37.8 Å². The fourth-order valence-corrected chi connectivity index (χ4v) is 1.73. The van der Waals surface area contributed by atoms with E-state index >= 15 is 0 Å². The van der Waals surface area contributed by atoms with Gasteiger partial charge in [0.25, 0.3) is 0 Å². The van der Waals surface area contributed by atoms with Crippen LogP contribution in [0.1, 0.15) is 23.9 Å². The fraction of sp³-hybridized carbons (Fsp3) is 0.286. The van der Waals surface area contributed by atoms with Gasteiger partial charge in [0, 0.05) is 17.1 Å². The van der Waals surface area contributed by atoms with Crippen molar-refractivity contribution in [3.05, 3.63) is 47.3 Å². The molecule has 0 aliphatic heterocycles. The first kappa shape index (κ1) is 14.5. The van der Waals surface area contributed by atoms with E-state index in [4.69, 9.17) is 0 Å². The quantitative estimate of drug-likeness (QED) is 0.871. The first-order valence-electron chi connectivity index (χ1n) is 5.85. The fourth-order valence-electron chi connectivity index (χ4n) is 1.73. The van der Waals surface area contributed by atoms with Gasteiger partial charge in [-0.25, -0.2) is 9.97 Å². The van der Waals surface area contributed by atoms with Crippen LogP contribution in [0, 0.1) is 13.8 Å². The SMILES string of the molecule is CCc1ccc(Nc2nc(C)cc(C)n2)cc1.[Cl-]. The zero-order chi connectivity index (χ0) is 12.3. The molecule has 0 fully saturated rings. The Labute approximate surface area is 114 Å². The van der Waals surface area contributed by atoms with Gasteiger partial charge in [-0.15, -0.1) is 0 Å². The van der Waals surface area contributed by atoms with Gasteiger partial charge >= 0.3 is 0 Å². The van der Waals surface area contributed by atoms with E-state index in [9.17, 15) is 0 Å². The molecule has 0 atom stereocenters. The maximum Gasteiger partial charge on any atom is 0.227 e. The van der Waals surface area contributed by atoms with E-state index in [0.717, 1.165) is 23.5 Å². The third-order valence-corrected chi connectivity index (χ3v) is 2.60. The Kier molecular flexibility index (Phi) is 5.10. The van der Waals surface area contributed by atoms with E-state index in [1.165, 1.54) is 5.56 Å². The number of aromatic nitrogens is 2. The molecular formula is C14H17ClN3-.